The molecular weight excluding hydrogens is 384 g/mol. The van der Waals surface area contributed by atoms with E-state index in [0.717, 1.165) is 14.9 Å². The van der Waals surface area contributed by atoms with Crippen molar-refractivity contribution in [3.8, 4) is 0 Å². The first-order valence-electron chi connectivity index (χ1n) is 3.04. The highest BCUT2D eigenvalue weighted by molar-refractivity contribution is 14.1. The van der Waals surface area contributed by atoms with Gasteiger partial charge in [0.05, 0.1) is 28.3 Å². The van der Waals surface area contributed by atoms with Crippen LogP contribution >= 0.6 is 45.5 Å². The molecule has 0 atom stereocenters. The summed E-state index contributed by atoms with van der Waals surface area (Å²) in [4.78, 5) is 8.07. The third-order valence-corrected chi connectivity index (χ3v) is 2.69. The zero-order valence-corrected chi connectivity index (χ0v) is 9.99. The largest absolute Gasteiger partial charge is 0.312 e. The molecule has 0 spiro atoms. The van der Waals surface area contributed by atoms with Crippen molar-refractivity contribution < 1.29 is 0 Å². The fourth-order valence-electron chi connectivity index (χ4n) is 0.893. The molecule has 0 aromatic carbocycles. The van der Waals surface area contributed by atoms with Gasteiger partial charge in [-0.2, -0.15) is 5.10 Å². The van der Waals surface area contributed by atoms with Crippen molar-refractivity contribution >= 4 is 62.3 Å². The molecule has 0 aliphatic carbocycles. The molecule has 0 amide bonds. The maximum Gasteiger partial charge on any atom is 0.187 e. The van der Waals surface area contributed by atoms with Crippen molar-refractivity contribution in [1.29, 1.82) is 0 Å². The first kappa shape index (κ1) is 8.41. The molecule has 0 aliphatic rings. The van der Waals surface area contributed by atoms with Gasteiger partial charge in [0.25, 0.3) is 0 Å². The summed E-state index contributed by atoms with van der Waals surface area (Å²) in [6.07, 6.45) is 1.49. The van der Waals surface area contributed by atoms with Gasteiger partial charge in [0.2, 0.25) is 0 Å². The Kier molecular flexibility index (Phi) is 2.30. The molecule has 0 aliphatic heterocycles. The molecule has 2 aromatic rings. The molecular formula is C5H3I2N5. The Balaban J connectivity index is 2.84. The van der Waals surface area contributed by atoms with Crippen molar-refractivity contribution in [3.63, 3.8) is 0 Å². The molecule has 2 heterocycles. The van der Waals surface area contributed by atoms with Gasteiger partial charge in [0.15, 0.2) is 5.65 Å². The van der Waals surface area contributed by atoms with E-state index < -0.39 is 0 Å². The fraction of sp³-hybridized carbons (Fsp3) is 0. The van der Waals surface area contributed by atoms with Crippen LogP contribution in [0.5, 0.6) is 0 Å². The van der Waals surface area contributed by atoms with Crippen LogP contribution in [-0.2, 0) is 0 Å². The Hall–Kier alpha value is -0.190. The highest BCUT2D eigenvalue weighted by Gasteiger charge is 2.08. The van der Waals surface area contributed by atoms with Gasteiger partial charge in [-0.05, 0) is 22.6 Å². The van der Waals surface area contributed by atoms with Crippen LogP contribution in [-0.4, -0.2) is 20.2 Å². The average molecular weight is 387 g/mol. The van der Waals surface area contributed by atoms with Crippen LogP contribution in [0.2, 0.25) is 0 Å². The van der Waals surface area contributed by atoms with Gasteiger partial charge < -0.3 is 3.53 Å². The summed E-state index contributed by atoms with van der Waals surface area (Å²) >= 11 is 4.19. The van der Waals surface area contributed by atoms with E-state index >= 15 is 0 Å². The topological polar surface area (TPSA) is 66.5 Å². The van der Waals surface area contributed by atoms with Crippen molar-refractivity contribution in [1.82, 2.24) is 20.2 Å². The molecule has 2 aromatic heterocycles. The molecule has 62 valence electrons. The van der Waals surface area contributed by atoms with Gasteiger partial charge in [0.1, 0.15) is 15.8 Å². The van der Waals surface area contributed by atoms with Gasteiger partial charge in [0, 0.05) is 0 Å². The van der Waals surface area contributed by atoms with Crippen molar-refractivity contribution in [2.24, 2.45) is 0 Å². The van der Waals surface area contributed by atoms with Gasteiger partial charge >= 0.3 is 0 Å². The number of fused-ring (bicyclic) bond motifs is 1. The monoisotopic (exact) mass is 387 g/mol. The Bertz CT molecular complexity index is 411. The normalized spacial score (nSPS) is 10.5. The number of nitrogens with one attached hydrogen (secondary N) is 2. The first-order valence-corrected chi connectivity index (χ1v) is 5.20. The van der Waals surface area contributed by atoms with Gasteiger partial charge in [-0.25, -0.2) is 9.97 Å². The van der Waals surface area contributed by atoms with E-state index in [-0.39, 0.29) is 0 Å². The predicted octanol–water partition coefficient (Wildman–Crippen LogP) is 1.72. The molecule has 5 nitrogen and oxygen atoms in total. The Morgan fingerprint density at radius 2 is 2.25 bits per heavy atom. The van der Waals surface area contributed by atoms with Crippen molar-refractivity contribution in [3.05, 3.63) is 10.0 Å². The number of H-pyrrole nitrogens is 1. The van der Waals surface area contributed by atoms with Crippen LogP contribution in [0.3, 0.4) is 0 Å². The smallest absolute Gasteiger partial charge is 0.187 e. The number of anilines is 1. The minimum atomic E-state index is 0.688. The molecule has 0 saturated carbocycles. The molecule has 2 N–H and O–H groups in total. The van der Waals surface area contributed by atoms with Crippen LogP contribution in [0.1, 0.15) is 0 Å². The van der Waals surface area contributed by atoms with E-state index in [0.29, 0.717) is 5.65 Å². The lowest BCUT2D eigenvalue weighted by molar-refractivity contribution is 1.07. The standard InChI is InChI=1S/C5H3I2N5/c6-3-2-4(10-7)8-1-9-5(2)12-11-3/h1H,(H2,8,9,10,11,12). The zero-order valence-electron chi connectivity index (χ0n) is 5.67. The summed E-state index contributed by atoms with van der Waals surface area (Å²) in [5.74, 6) is 0.791. The number of aromatic nitrogens is 4. The summed E-state index contributed by atoms with van der Waals surface area (Å²) in [7, 11) is 0. The first-order chi connectivity index (χ1) is 5.83. The summed E-state index contributed by atoms with van der Waals surface area (Å²) in [5, 5.41) is 7.78. The molecule has 0 bridgehead atoms. The van der Waals surface area contributed by atoms with E-state index in [1.54, 1.807) is 0 Å². The van der Waals surface area contributed by atoms with Crippen LogP contribution in [0.25, 0.3) is 11.0 Å². The lowest BCUT2D eigenvalue weighted by Gasteiger charge is -1.96. The van der Waals surface area contributed by atoms with E-state index in [1.165, 1.54) is 6.33 Å². The van der Waals surface area contributed by atoms with Gasteiger partial charge in [-0.15, -0.1) is 0 Å². The summed E-state index contributed by atoms with van der Waals surface area (Å²) in [6, 6.07) is 0. The number of aromatic amines is 1. The number of hydrogen-bond acceptors (Lipinski definition) is 4. The van der Waals surface area contributed by atoms with E-state index in [9.17, 15) is 0 Å². The highest BCUT2D eigenvalue weighted by Crippen LogP contribution is 2.22. The van der Waals surface area contributed by atoms with E-state index in [1.807, 2.05) is 22.9 Å². The summed E-state index contributed by atoms with van der Waals surface area (Å²) in [5.41, 5.74) is 0.688. The van der Waals surface area contributed by atoms with Gasteiger partial charge in [-0.1, -0.05) is 0 Å². The molecule has 7 heteroatoms. The molecule has 0 saturated heterocycles. The lowest BCUT2D eigenvalue weighted by Crippen LogP contribution is -1.88. The quantitative estimate of drug-likeness (QED) is 0.578. The third-order valence-electron chi connectivity index (χ3n) is 1.40. The predicted molar refractivity (Wildman–Crippen MR) is 62.0 cm³/mol. The maximum atomic E-state index is 4.06. The van der Waals surface area contributed by atoms with E-state index in [2.05, 4.69) is 46.3 Å². The Morgan fingerprint density at radius 1 is 1.42 bits per heavy atom. The second-order valence-corrected chi connectivity index (χ2v) is 3.67. The van der Waals surface area contributed by atoms with Gasteiger partial charge in [-0.3, -0.25) is 5.10 Å². The van der Waals surface area contributed by atoms with Crippen LogP contribution in [0.15, 0.2) is 6.33 Å². The number of hydrogen-bond donors (Lipinski definition) is 2. The molecule has 0 unspecified atom stereocenters. The second kappa shape index (κ2) is 3.28. The summed E-state index contributed by atoms with van der Waals surface area (Å²) in [6.45, 7) is 0. The van der Waals surface area contributed by atoms with Crippen LogP contribution in [0.4, 0.5) is 5.82 Å². The lowest BCUT2D eigenvalue weighted by atomic mass is 10.4. The van der Waals surface area contributed by atoms with Crippen LogP contribution in [0, 0.1) is 3.70 Å². The minimum Gasteiger partial charge on any atom is -0.312 e. The molecule has 12 heavy (non-hydrogen) atoms. The van der Waals surface area contributed by atoms with E-state index in [4.69, 9.17) is 0 Å². The second-order valence-electron chi connectivity index (χ2n) is 2.05. The third kappa shape index (κ3) is 1.24. The van der Waals surface area contributed by atoms with Crippen LogP contribution < -0.4 is 3.53 Å². The Labute approximate surface area is 95.4 Å². The average Bonchev–Trinajstić information content (AvgIpc) is 2.48. The molecule has 0 radical (unpaired) electrons. The van der Waals surface area contributed by atoms with Crippen molar-refractivity contribution in [2.75, 3.05) is 3.53 Å². The zero-order chi connectivity index (χ0) is 8.55. The highest BCUT2D eigenvalue weighted by atomic mass is 127. The number of rotatable bonds is 1. The number of halogens is 2. The van der Waals surface area contributed by atoms with Crippen molar-refractivity contribution in [2.45, 2.75) is 0 Å². The maximum absolute atomic E-state index is 4.06. The molecule has 2 rings (SSSR count). The Morgan fingerprint density at radius 3 is 3.00 bits per heavy atom. The summed E-state index contributed by atoms with van der Waals surface area (Å²) < 4.78 is 3.90. The minimum absolute atomic E-state index is 0.688. The molecule has 0 fully saturated rings. The SMILES string of the molecule is INc1ncnc2n[nH]c(I)c12. The fourth-order valence-corrected chi connectivity index (χ4v) is 1.92. The number of nitrogens with zero attached hydrogens (tertiary/aromatic N) is 3.